The first-order chi connectivity index (χ1) is 18.3. The van der Waals surface area contributed by atoms with Crippen LogP contribution in [-0.4, -0.2) is 26.3 Å². The van der Waals surface area contributed by atoms with Crippen LogP contribution < -0.4 is 16.6 Å². The summed E-state index contributed by atoms with van der Waals surface area (Å²) in [4.78, 5) is 18.6. The lowest BCUT2D eigenvalue weighted by molar-refractivity contribution is 0.652. The summed E-state index contributed by atoms with van der Waals surface area (Å²) in [6.45, 7) is 6.28. The highest BCUT2D eigenvalue weighted by Crippen LogP contribution is 2.33. The van der Waals surface area contributed by atoms with Gasteiger partial charge in [-0.1, -0.05) is 60.1 Å². The maximum Gasteiger partial charge on any atom is 0.263 e. The van der Waals surface area contributed by atoms with Crippen LogP contribution in [0, 0.1) is 13.8 Å². The molecule has 0 radical (unpaired) electrons. The number of amidine groups is 1. The van der Waals surface area contributed by atoms with Gasteiger partial charge in [0.05, 0.1) is 23.2 Å². The summed E-state index contributed by atoms with van der Waals surface area (Å²) in [5, 5.41) is 10.7. The SMILES string of the molecule is Cc1ccccc1-n1c(Cn2nc(-c3ccc(Cl)cc3)c3c2NC(C)N=C3N)cc2cccc(C)c2c1=O. The summed E-state index contributed by atoms with van der Waals surface area (Å²) >= 11 is 6.15. The van der Waals surface area contributed by atoms with Crippen molar-refractivity contribution in [1.29, 1.82) is 0 Å². The molecule has 6 rings (SSSR count). The van der Waals surface area contributed by atoms with Crippen LogP contribution in [0.15, 0.2) is 82.6 Å². The predicted octanol–water partition coefficient (Wildman–Crippen LogP) is 5.65. The van der Waals surface area contributed by atoms with Crippen LogP contribution in [0.2, 0.25) is 5.02 Å². The first kappa shape index (κ1) is 24.0. The molecule has 0 aliphatic carbocycles. The zero-order chi connectivity index (χ0) is 26.6. The molecule has 7 nitrogen and oxygen atoms in total. The molecule has 2 aromatic heterocycles. The molecule has 38 heavy (non-hydrogen) atoms. The first-order valence-corrected chi connectivity index (χ1v) is 12.9. The number of halogens is 1. The number of aromatic nitrogens is 3. The molecule has 0 saturated carbocycles. The smallest absolute Gasteiger partial charge is 0.263 e. The number of pyridine rings is 1. The second kappa shape index (κ2) is 9.19. The Bertz CT molecular complexity index is 1800. The number of aliphatic imine (C=N–C) groups is 1. The van der Waals surface area contributed by atoms with E-state index in [0.29, 0.717) is 28.5 Å². The highest BCUT2D eigenvalue weighted by Gasteiger charge is 2.27. The van der Waals surface area contributed by atoms with Gasteiger partial charge in [-0.2, -0.15) is 5.10 Å². The molecule has 1 aliphatic heterocycles. The van der Waals surface area contributed by atoms with Crippen LogP contribution in [0.25, 0.3) is 27.7 Å². The fraction of sp³-hybridized carbons (Fsp3) is 0.167. The largest absolute Gasteiger partial charge is 0.383 e. The zero-order valence-corrected chi connectivity index (χ0v) is 22.1. The molecule has 0 fully saturated rings. The van der Waals surface area contributed by atoms with E-state index in [9.17, 15) is 4.79 Å². The van der Waals surface area contributed by atoms with Crippen LogP contribution in [0.3, 0.4) is 0 Å². The Labute approximate surface area is 225 Å². The molecule has 190 valence electrons. The summed E-state index contributed by atoms with van der Waals surface area (Å²) in [6, 6.07) is 23.4. The number of para-hydroxylation sites is 1. The minimum atomic E-state index is -0.214. The average Bonchev–Trinajstić information content (AvgIpc) is 3.23. The highest BCUT2D eigenvalue weighted by atomic mass is 35.5. The Kier molecular flexibility index (Phi) is 5.80. The lowest BCUT2D eigenvalue weighted by Crippen LogP contribution is -2.30. The number of anilines is 1. The Morgan fingerprint density at radius 3 is 2.50 bits per heavy atom. The van der Waals surface area contributed by atoms with E-state index in [-0.39, 0.29) is 11.7 Å². The van der Waals surface area contributed by atoms with E-state index in [4.69, 9.17) is 22.4 Å². The van der Waals surface area contributed by atoms with Gasteiger partial charge in [-0.05, 0) is 61.5 Å². The quantitative estimate of drug-likeness (QED) is 0.319. The summed E-state index contributed by atoms with van der Waals surface area (Å²) in [5.41, 5.74) is 12.3. The summed E-state index contributed by atoms with van der Waals surface area (Å²) in [7, 11) is 0. The van der Waals surface area contributed by atoms with Gasteiger partial charge in [0.25, 0.3) is 5.56 Å². The molecule has 1 atom stereocenters. The van der Waals surface area contributed by atoms with Crippen molar-refractivity contribution < 1.29 is 0 Å². The number of rotatable bonds is 4. The highest BCUT2D eigenvalue weighted by molar-refractivity contribution is 6.30. The zero-order valence-electron chi connectivity index (χ0n) is 21.4. The molecule has 1 unspecified atom stereocenters. The van der Waals surface area contributed by atoms with E-state index in [1.54, 1.807) is 0 Å². The maximum absolute atomic E-state index is 14.0. The molecule has 3 aromatic carbocycles. The second-order valence-electron chi connectivity index (χ2n) is 9.67. The van der Waals surface area contributed by atoms with Gasteiger partial charge in [-0.3, -0.25) is 9.36 Å². The molecule has 3 N–H and O–H groups in total. The number of nitrogens with zero attached hydrogens (tertiary/aromatic N) is 4. The minimum absolute atomic E-state index is 0.0498. The topological polar surface area (TPSA) is 90.2 Å². The number of hydrogen-bond donors (Lipinski definition) is 2. The Balaban J connectivity index is 1.60. The van der Waals surface area contributed by atoms with Gasteiger partial charge < -0.3 is 11.1 Å². The molecular weight excluding hydrogens is 496 g/mol. The molecule has 5 aromatic rings. The van der Waals surface area contributed by atoms with Crippen molar-refractivity contribution in [3.05, 3.63) is 111 Å². The van der Waals surface area contributed by atoms with Gasteiger partial charge >= 0.3 is 0 Å². The van der Waals surface area contributed by atoms with Gasteiger partial charge in [0.2, 0.25) is 0 Å². The number of nitrogens with one attached hydrogen (secondary N) is 1. The molecule has 0 amide bonds. The fourth-order valence-corrected chi connectivity index (χ4v) is 5.34. The van der Waals surface area contributed by atoms with Crippen molar-refractivity contribution in [3.63, 3.8) is 0 Å². The van der Waals surface area contributed by atoms with Crippen LogP contribution in [-0.2, 0) is 6.54 Å². The lowest BCUT2D eigenvalue weighted by atomic mass is 10.0. The number of hydrogen-bond acceptors (Lipinski definition) is 5. The van der Waals surface area contributed by atoms with E-state index >= 15 is 0 Å². The Morgan fingerprint density at radius 1 is 1.00 bits per heavy atom. The van der Waals surface area contributed by atoms with Crippen molar-refractivity contribution in [2.75, 3.05) is 5.32 Å². The molecule has 8 heteroatoms. The van der Waals surface area contributed by atoms with Crippen molar-refractivity contribution >= 4 is 34.0 Å². The number of aryl methyl sites for hydroxylation is 2. The van der Waals surface area contributed by atoms with Gasteiger partial charge in [0, 0.05) is 16.3 Å². The number of benzene rings is 3. The predicted molar refractivity (Wildman–Crippen MR) is 155 cm³/mol. The fourth-order valence-electron chi connectivity index (χ4n) is 5.22. The third-order valence-corrected chi connectivity index (χ3v) is 7.26. The van der Waals surface area contributed by atoms with Gasteiger partial charge in [-0.15, -0.1) is 0 Å². The normalized spacial score (nSPS) is 14.7. The minimum Gasteiger partial charge on any atom is -0.383 e. The van der Waals surface area contributed by atoms with Crippen LogP contribution in [0.4, 0.5) is 5.82 Å². The summed E-state index contributed by atoms with van der Waals surface area (Å²) in [5.74, 6) is 1.19. The maximum atomic E-state index is 14.0. The van der Waals surface area contributed by atoms with E-state index in [1.807, 2.05) is 96.8 Å². The van der Waals surface area contributed by atoms with Gasteiger partial charge in [0.1, 0.15) is 23.5 Å². The third kappa shape index (κ3) is 3.96. The standard InChI is InChI=1S/C30H27ClN6O/c1-17-7-4-5-10-24(17)37-23(15-21-9-6-8-18(2)25(21)30(37)38)16-36-29-26(28(32)33-19(3)34-29)27(35-36)20-11-13-22(31)14-12-20/h4-15,19,34H,16H2,1-3H3,(H2,32,33). The molecule has 1 aliphatic rings. The molecule has 0 bridgehead atoms. The first-order valence-electron chi connectivity index (χ1n) is 12.5. The summed E-state index contributed by atoms with van der Waals surface area (Å²) in [6.07, 6.45) is -0.214. The van der Waals surface area contributed by atoms with Gasteiger partial charge in [0.15, 0.2) is 0 Å². The van der Waals surface area contributed by atoms with Crippen LogP contribution >= 0.6 is 11.6 Å². The molecular formula is C30H27ClN6O. The molecule has 0 spiro atoms. The molecule has 0 saturated heterocycles. The second-order valence-corrected chi connectivity index (χ2v) is 10.1. The van der Waals surface area contributed by atoms with Crippen LogP contribution in [0.1, 0.15) is 29.3 Å². The van der Waals surface area contributed by atoms with Crippen molar-refractivity contribution in [3.8, 4) is 16.9 Å². The van der Waals surface area contributed by atoms with Crippen LogP contribution in [0.5, 0.6) is 0 Å². The molecule has 3 heterocycles. The van der Waals surface area contributed by atoms with E-state index in [2.05, 4.69) is 16.4 Å². The van der Waals surface area contributed by atoms with E-state index in [1.165, 1.54) is 0 Å². The number of fused-ring (bicyclic) bond motifs is 2. The van der Waals surface area contributed by atoms with Crippen molar-refractivity contribution in [1.82, 2.24) is 14.3 Å². The Morgan fingerprint density at radius 2 is 1.74 bits per heavy atom. The van der Waals surface area contributed by atoms with E-state index in [0.717, 1.165) is 44.8 Å². The van der Waals surface area contributed by atoms with E-state index < -0.39 is 0 Å². The summed E-state index contributed by atoms with van der Waals surface area (Å²) < 4.78 is 3.69. The van der Waals surface area contributed by atoms with Crippen molar-refractivity contribution in [2.45, 2.75) is 33.5 Å². The monoisotopic (exact) mass is 522 g/mol. The average molecular weight is 523 g/mol. The Hall–Kier alpha value is -4.36. The lowest BCUT2D eigenvalue weighted by Gasteiger charge is -2.22. The third-order valence-electron chi connectivity index (χ3n) is 7.00. The van der Waals surface area contributed by atoms with Gasteiger partial charge in [-0.25, -0.2) is 9.67 Å². The number of nitrogens with two attached hydrogens (primary N) is 1. The van der Waals surface area contributed by atoms with Crippen molar-refractivity contribution in [2.24, 2.45) is 10.7 Å².